The van der Waals surface area contributed by atoms with Crippen LogP contribution in [-0.2, 0) is 0 Å². The van der Waals surface area contributed by atoms with E-state index in [-0.39, 0.29) is 6.54 Å². The molecule has 1 aliphatic rings. The Balaban J connectivity index is 1.76. The van der Waals surface area contributed by atoms with Crippen molar-refractivity contribution in [3.8, 4) is 0 Å². The molecule has 1 atom stereocenters. The summed E-state index contributed by atoms with van der Waals surface area (Å²) in [5, 5.41) is 14.6. The number of hydrogen-bond donors (Lipinski definition) is 3. The molecule has 0 aliphatic heterocycles. The third-order valence-electron chi connectivity index (χ3n) is 2.72. The number of rotatable bonds is 4. The van der Waals surface area contributed by atoms with Crippen LogP contribution in [0.2, 0.25) is 0 Å². The van der Waals surface area contributed by atoms with E-state index in [2.05, 4.69) is 10.6 Å². The highest BCUT2D eigenvalue weighted by atomic mass is 19.1. The molecule has 92 valence electrons. The molecule has 2 amide bonds. The quantitative estimate of drug-likeness (QED) is 0.748. The number of halogens is 1. The molecule has 0 bridgehead atoms. The summed E-state index contributed by atoms with van der Waals surface area (Å²) in [5.41, 5.74) is 0.392. The van der Waals surface area contributed by atoms with Crippen LogP contribution in [0.25, 0.3) is 0 Å². The molecule has 0 saturated heterocycles. The molecule has 1 aromatic carbocycles. The van der Waals surface area contributed by atoms with E-state index in [1.165, 1.54) is 18.2 Å². The van der Waals surface area contributed by atoms with Gasteiger partial charge in [0.05, 0.1) is 6.10 Å². The van der Waals surface area contributed by atoms with Crippen molar-refractivity contribution in [1.29, 1.82) is 0 Å². The summed E-state index contributed by atoms with van der Waals surface area (Å²) >= 11 is 0. The van der Waals surface area contributed by atoms with Crippen LogP contribution in [0.5, 0.6) is 0 Å². The third kappa shape index (κ3) is 3.71. The number of urea groups is 1. The number of hydrogen-bond acceptors (Lipinski definition) is 2. The van der Waals surface area contributed by atoms with E-state index in [4.69, 9.17) is 0 Å². The Kier molecular flexibility index (Phi) is 3.58. The number of aliphatic hydroxyl groups is 1. The minimum Gasteiger partial charge on any atom is -0.391 e. The largest absolute Gasteiger partial charge is 0.391 e. The summed E-state index contributed by atoms with van der Waals surface area (Å²) in [5.74, 6) is -0.0784. The predicted molar refractivity (Wildman–Crippen MR) is 62.2 cm³/mol. The summed E-state index contributed by atoms with van der Waals surface area (Å²) in [6.07, 6.45) is 1.57. The highest BCUT2D eigenvalue weighted by Crippen LogP contribution is 2.32. The molecule has 17 heavy (non-hydrogen) atoms. The van der Waals surface area contributed by atoms with Crippen LogP contribution in [0.1, 0.15) is 12.8 Å². The first-order valence-electron chi connectivity index (χ1n) is 5.63. The van der Waals surface area contributed by atoms with Gasteiger partial charge in [-0.25, -0.2) is 9.18 Å². The highest BCUT2D eigenvalue weighted by Gasteiger charge is 2.29. The fraction of sp³-hybridized carbons (Fsp3) is 0.417. The molecule has 1 aliphatic carbocycles. The Hall–Kier alpha value is -1.62. The van der Waals surface area contributed by atoms with Crippen LogP contribution >= 0.6 is 0 Å². The highest BCUT2D eigenvalue weighted by molar-refractivity contribution is 5.89. The lowest BCUT2D eigenvalue weighted by Crippen LogP contribution is -2.36. The van der Waals surface area contributed by atoms with Gasteiger partial charge in [-0.05, 0) is 37.0 Å². The van der Waals surface area contributed by atoms with Gasteiger partial charge < -0.3 is 15.7 Å². The number of carbonyl (C=O) groups is 1. The fourth-order valence-electron chi connectivity index (χ4n) is 1.59. The Morgan fingerprint density at radius 1 is 1.53 bits per heavy atom. The van der Waals surface area contributed by atoms with Gasteiger partial charge in [0, 0.05) is 12.2 Å². The first-order chi connectivity index (χ1) is 8.15. The first-order valence-corrected chi connectivity index (χ1v) is 5.63. The van der Waals surface area contributed by atoms with Gasteiger partial charge in [0.2, 0.25) is 0 Å². The Bertz CT molecular complexity index is 407. The second-order valence-electron chi connectivity index (χ2n) is 4.25. The van der Waals surface area contributed by atoms with Gasteiger partial charge >= 0.3 is 6.03 Å². The lowest BCUT2D eigenvalue weighted by Gasteiger charge is -2.11. The lowest BCUT2D eigenvalue weighted by molar-refractivity contribution is 0.150. The molecule has 1 unspecified atom stereocenters. The zero-order valence-electron chi connectivity index (χ0n) is 9.32. The van der Waals surface area contributed by atoms with Gasteiger partial charge in [0.1, 0.15) is 5.82 Å². The molecule has 1 aromatic rings. The molecule has 4 nitrogen and oxygen atoms in total. The van der Waals surface area contributed by atoms with Crippen LogP contribution in [0.3, 0.4) is 0 Å². The van der Waals surface area contributed by atoms with Crippen molar-refractivity contribution in [2.24, 2.45) is 5.92 Å². The molecule has 3 N–H and O–H groups in total. The lowest BCUT2D eigenvalue weighted by atomic mass is 10.2. The van der Waals surface area contributed by atoms with Crippen molar-refractivity contribution >= 4 is 11.7 Å². The minimum atomic E-state index is -0.478. The zero-order chi connectivity index (χ0) is 12.3. The Labute approximate surface area is 98.8 Å². The Morgan fingerprint density at radius 2 is 2.29 bits per heavy atom. The van der Waals surface area contributed by atoms with Gasteiger partial charge in [-0.1, -0.05) is 6.07 Å². The van der Waals surface area contributed by atoms with Crippen molar-refractivity contribution in [3.05, 3.63) is 30.1 Å². The summed E-state index contributed by atoms with van der Waals surface area (Å²) < 4.78 is 12.8. The maximum atomic E-state index is 12.8. The number of amides is 2. The maximum Gasteiger partial charge on any atom is 0.319 e. The third-order valence-corrected chi connectivity index (χ3v) is 2.72. The molecule has 0 heterocycles. The maximum absolute atomic E-state index is 12.8. The van der Waals surface area contributed by atoms with Crippen LogP contribution < -0.4 is 10.6 Å². The second kappa shape index (κ2) is 5.14. The average Bonchev–Trinajstić information content (AvgIpc) is 3.09. The molecule has 5 heteroatoms. The molecule has 2 rings (SSSR count). The van der Waals surface area contributed by atoms with Gasteiger partial charge in [-0.2, -0.15) is 0 Å². The SMILES string of the molecule is O=C(NCC(O)C1CC1)Nc1cccc(F)c1. The van der Waals surface area contributed by atoms with Crippen molar-refractivity contribution in [3.63, 3.8) is 0 Å². The normalized spacial score (nSPS) is 16.4. The molecule has 1 saturated carbocycles. The van der Waals surface area contributed by atoms with Gasteiger partial charge in [0.15, 0.2) is 0 Å². The summed E-state index contributed by atoms with van der Waals surface area (Å²) in [7, 11) is 0. The monoisotopic (exact) mass is 238 g/mol. The van der Waals surface area contributed by atoms with E-state index in [0.29, 0.717) is 11.6 Å². The second-order valence-corrected chi connectivity index (χ2v) is 4.25. The van der Waals surface area contributed by atoms with E-state index in [1.807, 2.05) is 0 Å². The van der Waals surface area contributed by atoms with Crippen LogP contribution in [0.15, 0.2) is 24.3 Å². The number of anilines is 1. The molecule has 0 radical (unpaired) electrons. The van der Waals surface area contributed by atoms with Crippen molar-refractivity contribution in [2.45, 2.75) is 18.9 Å². The number of nitrogens with one attached hydrogen (secondary N) is 2. The molecular weight excluding hydrogens is 223 g/mol. The van der Waals surface area contributed by atoms with E-state index < -0.39 is 18.0 Å². The first kappa shape index (κ1) is 11.9. The minimum absolute atomic E-state index is 0.228. The van der Waals surface area contributed by atoms with E-state index in [9.17, 15) is 14.3 Å². The van der Waals surface area contributed by atoms with Crippen LogP contribution in [0.4, 0.5) is 14.9 Å². The number of aliphatic hydroxyl groups excluding tert-OH is 1. The number of benzene rings is 1. The predicted octanol–water partition coefficient (Wildman–Crippen LogP) is 1.72. The van der Waals surface area contributed by atoms with E-state index in [1.54, 1.807) is 6.07 Å². The van der Waals surface area contributed by atoms with E-state index >= 15 is 0 Å². The van der Waals surface area contributed by atoms with E-state index in [0.717, 1.165) is 12.8 Å². The summed E-state index contributed by atoms with van der Waals surface area (Å²) in [6, 6.07) is 5.22. The smallest absolute Gasteiger partial charge is 0.319 e. The zero-order valence-corrected chi connectivity index (χ0v) is 9.32. The topological polar surface area (TPSA) is 61.4 Å². The van der Waals surface area contributed by atoms with Gasteiger partial charge in [-0.15, -0.1) is 0 Å². The van der Waals surface area contributed by atoms with Gasteiger partial charge in [-0.3, -0.25) is 0 Å². The molecule has 0 aromatic heterocycles. The Morgan fingerprint density at radius 3 is 2.94 bits per heavy atom. The van der Waals surface area contributed by atoms with Gasteiger partial charge in [0.25, 0.3) is 0 Å². The average molecular weight is 238 g/mol. The fourth-order valence-corrected chi connectivity index (χ4v) is 1.59. The van der Waals surface area contributed by atoms with Crippen LogP contribution in [-0.4, -0.2) is 23.8 Å². The summed E-state index contributed by atoms with van der Waals surface area (Å²) in [6.45, 7) is 0.228. The summed E-state index contributed by atoms with van der Waals surface area (Å²) in [4.78, 5) is 11.4. The molecular formula is C12H15FN2O2. The standard InChI is InChI=1S/C12H15FN2O2/c13-9-2-1-3-10(6-9)15-12(17)14-7-11(16)8-4-5-8/h1-3,6,8,11,16H,4-5,7H2,(H2,14,15,17). The van der Waals surface area contributed by atoms with Crippen molar-refractivity contribution in [1.82, 2.24) is 5.32 Å². The van der Waals surface area contributed by atoms with Crippen molar-refractivity contribution in [2.75, 3.05) is 11.9 Å². The number of carbonyl (C=O) groups excluding carboxylic acids is 1. The molecule has 1 fully saturated rings. The molecule has 0 spiro atoms. The van der Waals surface area contributed by atoms with Crippen LogP contribution in [0, 0.1) is 11.7 Å². The van der Waals surface area contributed by atoms with Crippen molar-refractivity contribution < 1.29 is 14.3 Å².